The maximum absolute atomic E-state index is 9.43. The number of thiazole rings is 1. The second kappa shape index (κ2) is 5.87. The predicted molar refractivity (Wildman–Crippen MR) is 77.4 cm³/mol. The van der Waals surface area contributed by atoms with Gasteiger partial charge in [0.1, 0.15) is 5.01 Å². The monoisotopic (exact) mass is 281 g/mol. The molecule has 0 unspecified atom stereocenters. The molecule has 0 bridgehead atoms. The van der Waals surface area contributed by atoms with E-state index in [1.165, 1.54) is 36.6 Å². The molecule has 1 aromatic rings. The Morgan fingerprint density at radius 2 is 1.89 bits per heavy atom. The highest BCUT2D eigenvalue weighted by Gasteiger charge is 2.29. The highest BCUT2D eigenvalue weighted by molar-refractivity contribution is 7.11. The van der Waals surface area contributed by atoms with Crippen LogP contribution in [0.15, 0.2) is 0 Å². The van der Waals surface area contributed by atoms with Crippen LogP contribution in [0.5, 0.6) is 0 Å². The third-order valence-corrected chi connectivity index (χ3v) is 5.19. The zero-order chi connectivity index (χ0) is 13.2. The molecule has 3 rings (SSSR count). The van der Waals surface area contributed by atoms with Gasteiger partial charge in [-0.05, 0) is 19.4 Å². The minimum absolute atomic E-state index is 0.160. The Morgan fingerprint density at radius 3 is 2.47 bits per heavy atom. The van der Waals surface area contributed by atoms with Crippen LogP contribution < -0.4 is 0 Å². The van der Waals surface area contributed by atoms with Gasteiger partial charge in [0, 0.05) is 32.1 Å². The molecule has 0 spiro atoms. The molecule has 1 aliphatic heterocycles. The van der Waals surface area contributed by atoms with Gasteiger partial charge in [0.25, 0.3) is 0 Å². The number of hydrogen-bond acceptors (Lipinski definition) is 5. The van der Waals surface area contributed by atoms with Crippen molar-refractivity contribution in [3.05, 3.63) is 15.6 Å². The molecule has 0 amide bonds. The summed E-state index contributed by atoms with van der Waals surface area (Å²) in [5.41, 5.74) is 1.19. The number of aromatic nitrogens is 1. The molecular weight excluding hydrogens is 258 g/mol. The van der Waals surface area contributed by atoms with Crippen LogP contribution in [-0.2, 0) is 13.2 Å². The summed E-state index contributed by atoms with van der Waals surface area (Å²) in [4.78, 5) is 10.9. The lowest BCUT2D eigenvalue weighted by molar-refractivity contribution is 0.132. The number of piperazine rings is 1. The second-order valence-electron chi connectivity index (χ2n) is 5.56. The van der Waals surface area contributed by atoms with Crippen molar-refractivity contribution >= 4 is 11.3 Å². The van der Waals surface area contributed by atoms with Gasteiger partial charge in [-0.3, -0.25) is 4.90 Å². The van der Waals surface area contributed by atoms with E-state index < -0.39 is 0 Å². The van der Waals surface area contributed by atoms with E-state index >= 15 is 0 Å². The average molecular weight is 281 g/mol. The first-order valence-electron chi connectivity index (χ1n) is 7.34. The van der Waals surface area contributed by atoms with Gasteiger partial charge >= 0.3 is 0 Å². The molecule has 2 fully saturated rings. The zero-order valence-corrected chi connectivity index (χ0v) is 12.5. The molecule has 19 heavy (non-hydrogen) atoms. The fourth-order valence-corrected chi connectivity index (χ4v) is 3.78. The second-order valence-corrected chi connectivity index (χ2v) is 6.73. The van der Waals surface area contributed by atoms with Crippen molar-refractivity contribution in [1.82, 2.24) is 14.8 Å². The van der Waals surface area contributed by atoms with Gasteiger partial charge < -0.3 is 10.0 Å². The Kier molecular flexibility index (Phi) is 4.17. The fourth-order valence-electron chi connectivity index (χ4n) is 2.73. The number of nitrogens with zero attached hydrogens (tertiary/aromatic N) is 3. The third-order valence-electron chi connectivity index (χ3n) is 4.15. The molecule has 4 nitrogen and oxygen atoms in total. The molecule has 106 valence electrons. The molecule has 1 aromatic heterocycles. The van der Waals surface area contributed by atoms with Gasteiger partial charge in [-0.1, -0.05) is 6.92 Å². The van der Waals surface area contributed by atoms with E-state index in [0.29, 0.717) is 5.92 Å². The van der Waals surface area contributed by atoms with Crippen molar-refractivity contribution in [2.45, 2.75) is 38.8 Å². The lowest BCUT2D eigenvalue weighted by atomic mass is 10.2. The summed E-state index contributed by atoms with van der Waals surface area (Å²) in [6.07, 6.45) is 2.51. The van der Waals surface area contributed by atoms with Gasteiger partial charge in [0.05, 0.1) is 23.7 Å². The van der Waals surface area contributed by atoms with Crippen molar-refractivity contribution in [3.8, 4) is 0 Å². The Morgan fingerprint density at radius 1 is 1.21 bits per heavy atom. The minimum Gasteiger partial charge on any atom is -0.391 e. The van der Waals surface area contributed by atoms with Crippen LogP contribution >= 0.6 is 11.3 Å². The molecule has 0 radical (unpaired) electrons. The summed E-state index contributed by atoms with van der Waals surface area (Å²) in [5.74, 6) is 0.643. The lowest BCUT2D eigenvalue weighted by Crippen LogP contribution is -2.45. The molecule has 0 aromatic carbocycles. The van der Waals surface area contributed by atoms with Gasteiger partial charge in [0.15, 0.2) is 0 Å². The van der Waals surface area contributed by atoms with Crippen LogP contribution in [0.1, 0.15) is 41.3 Å². The molecule has 2 aliphatic rings. The van der Waals surface area contributed by atoms with Crippen LogP contribution in [0.2, 0.25) is 0 Å². The topological polar surface area (TPSA) is 39.6 Å². The Hall–Kier alpha value is -0.490. The molecule has 0 atom stereocenters. The number of likely N-dealkylation sites (N-methyl/N-ethyl adjacent to an activating group) is 1. The average Bonchev–Trinajstić information content (AvgIpc) is 3.21. The van der Waals surface area contributed by atoms with Crippen molar-refractivity contribution in [2.24, 2.45) is 0 Å². The highest BCUT2D eigenvalue weighted by atomic mass is 32.1. The minimum atomic E-state index is 0.160. The van der Waals surface area contributed by atoms with Gasteiger partial charge in [-0.25, -0.2) is 4.98 Å². The van der Waals surface area contributed by atoms with Gasteiger partial charge in [-0.15, -0.1) is 11.3 Å². The SMILES string of the molecule is CCN1CCN(Cc2nc(C3CC3)c(CO)s2)CC1. The van der Waals surface area contributed by atoms with E-state index in [9.17, 15) is 5.11 Å². The van der Waals surface area contributed by atoms with E-state index in [-0.39, 0.29) is 6.61 Å². The molecule has 1 saturated heterocycles. The highest BCUT2D eigenvalue weighted by Crippen LogP contribution is 2.42. The number of aliphatic hydroxyl groups excluding tert-OH is 1. The van der Waals surface area contributed by atoms with Crippen molar-refractivity contribution in [3.63, 3.8) is 0 Å². The van der Waals surface area contributed by atoms with Crippen LogP contribution in [0.4, 0.5) is 0 Å². The quantitative estimate of drug-likeness (QED) is 0.891. The summed E-state index contributed by atoms with van der Waals surface area (Å²) in [6, 6.07) is 0. The standard InChI is InChI=1S/C14H23N3OS/c1-2-16-5-7-17(8-6-16)9-13-15-14(11-3-4-11)12(10-18)19-13/h11,18H,2-10H2,1H3. The molecule has 1 aliphatic carbocycles. The third kappa shape index (κ3) is 3.16. The van der Waals surface area contributed by atoms with E-state index in [1.54, 1.807) is 11.3 Å². The predicted octanol–water partition coefficient (Wildman–Crippen LogP) is 1.65. The Balaban J connectivity index is 1.60. The first kappa shape index (κ1) is 13.5. The Bertz CT molecular complexity index is 422. The number of hydrogen-bond donors (Lipinski definition) is 1. The van der Waals surface area contributed by atoms with Crippen LogP contribution in [0.25, 0.3) is 0 Å². The van der Waals surface area contributed by atoms with E-state index in [1.807, 2.05) is 0 Å². The van der Waals surface area contributed by atoms with Gasteiger partial charge in [0.2, 0.25) is 0 Å². The van der Waals surface area contributed by atoms with E-state index in [4.69, 9.17) is 4.98 Å². The van der Waals surface area contributed by atoms with Gasteiger partial charge in [-0.2, -0.15) is 0 Å². The van der Waals surface area contributed by atoms with E-state index in [2.05, 4.69) is 16.7 Å². The molecule has 5 heteroatoms. The fraction of sp³-hybridized carbons (Fsp3) is 0.786. The van der Waals surface area contributed by atoms with Crippen LogP contribution in [0, 0.1) is 0 Å². The maximum Gasteiger partial charge on any atom is 0.107 e. The maximum atomic E-state index is 9.43. The van der Waals surface area contributed by atoms with Crippen molar-refractivity contribution in [2.75, 3.05) is 32.7 Å². The largest absolute Gasteiger partial charge is 0.391 e. The molecule has 1 saturated carbocycles. The molecular formula is C14H23N3OS. The summed E-state index contributed by atoms with van der Waals surface area (Å²) in [7, 11) is 0. The first-order chi connectivity index (χ1) is 9.30. The van der Waals surface area contributed by atoms with Crippen molar-refractivity contribution in [1.29, 1.82) is 0 Å². The summed E-state index contributed by atoms with van der Waals surface area (Å²) in [6.45, 7) is 9.13. The van der Waals surface area contributed by atoms with Crippen molar-refractivity contribution < 1.29 is 5.11 Å². The number of rotatable bonds is 5. The normalized spacial score (nSPS) is 22.0. The summed E-state index contributed by atoms with van der Waals surface area (Å²) < 4.78 is 0. The van der Waals surface area contributed by atoms with E-state index in [0.717, 1.165) is 31.1 Å². The smallest absolute Gasteiger partial charge is 0.107 e. The summed E-state index contributed by atoms with van der Waals surface area (Å²) >= 11 is 1.71. The van der Waals surface area contributed by atoms with Crippen LogP contribution in [0.3, 0.4) is 0 Å². The molecule has 1 N–H and O–H groups in total. The lowest BCUT2D eigenvalue weighted by Gasteiger charge is -2.33. The summed E-state index contributed by atoms with van der Waals surface area (Å²) in [5, 5.41) is 10.6. The zero-order valence-electron chi connectivity index (χ0n) is 11.6. The number of aliphatic hydroxyl groups is 1. The molecule has 2 heterocycles. The van der Waals surface area contributed by atoms with Crippen LogP contribution in [-0.4, -0.2) is 52.6 Å². The Labute approximate surface area is 119 Å². The first-order valence-corrected chi connectivity index (χ1v) is 8.15.